The second kappa shape index (κ2) is 9.73. The maximum Gasteiger partial charge on any atom is 0.307 e. The first-order valence-electron chi connectivity index (χ1n) is 11.4. The zero-order chi connectivity index (χ0) is 25.2. The normalized spacial score (nSPS) is 16.4. The van der Waals surface area contributed by atoms with Crippen molar-refractivity contribution in [2.45, 2.75) is 18.9 Å². The molecule has 36 heavy (non-hydrogen) atoms. The van der Waals surface area contributed by atoms with Crippen molar-refractivity contribution < 1.29 is 23.4 Å². The number of carbonyl (C=O) groups is 1. The molecule has 0 bridgehead atoms. The first-order chi connectivity index (χ1) is 17.4. The predicted octanol–water partition coefficient (Wildman–Crippen LogP) is 5.90. The number of rotatable bonds is 8. The molecule has 0 saturated heterocycles. The Morgan fingerprint density at radius 1 is 1.00 bits per heavy atom. The van der Waals surface area contributed by atoms with Gasteiger partial charge in [0, 0.05) is 40.9 Å². The van der Waals surface area contributed by atoms with Gasteiger partial charge in [-0.05, 0) is 42.3 Å². The summed E-state index contributed by atoms with van der Waals surface area (Å²) in [6.45, 7) is 0.134. The second-order valence-electron chi connectivity index (χ2n) is 8.70. The number of methoxy groups -OCH3 is 1. The summed E-state index contributed by atoms with van der Waals surface area (Å²) in [5, 5.41) is 12.2. The van der Waals surface area contributed by atoms with Crippen molar-refractivity contribution in [3.8, 4) is 28.1 Å². The van der Waals surface area contributed by atoms with Crippen LogP contribution in [0.3, 0.4) is 0 Å². The number of nitrogens with one attached hydrogen (secondary N) is 1. The lowest BCUT2D eigenvalue weighted by molar-refractivity contribution is -0.138. The predicted molar refractivity (Wildman–Crippen MR) is 132 cm³/mol. The van der Waals surface area contributed by atoms with E-state index in [1.807, 2.05) is 24.3 Å². The van der Waals surface area contributed by atoms with Crippen LogP contribution in [0.2, 0.25) is 0 Å². The number of aliphatic carboxylic acids is 1. The molecule has 1 aliphatic carbocycles. The minimum atomic E-state index is -0.807. The number of pyridine rings is 2. The minimum Gasteiger partial charge on any atom is -0.495 e. The lowest BCUT2D eigenvalue weighted by Gasteiger charge is -2.12. The number of halogens is 2. The van der Waals surface area contributed by atoms with Crippen molar-refractivity contribution in [3.63, 3.8) is 0 Å². The Bertz CT molecular complexity index is 1390. The van der Waals surface area contributed by atoms with E-state index in [0.717, 1.165) is 23.0 Å². The molecule has 1 saturated carbocycles. The molecule has 1 aliphatic rings. The van der Waals surface area contributed by atoms with Gasteiger partial charge in [-0.25, -0.2) is 8.78 Å². The average molecular weight is 488 g/mol. The molecule has 0 amide bonds. The summed E-state index contributed by atoms with van der Waals surface area (Å²) in [5.41, 5.74) is 4.24. The molecule has 2 aromatic heterocycles. The Hall–Kier alpha value is -4.33. The summed E-state index contributed by atoms with van der Waals surface area (Å²) in [5.74, 6) is -1.86. The Balaban J connectivity index is 1.29. The fraction of sp³-hybridized carbons (Fsp3) is 0.179. The third kappa shape index (κ3) is 4.88. The lowest BCUT2D eigenvalue weighted by Crippen LogP contribution is -2.04. The number of carboxylic acid groups (broad SMARTS) is 1. The molecular formula is C28H23F2N3O3. The van der Waals surface area contributed by atoms with E-state index in [1.165, 1.54) is 6.07 Å². The molecule has 2 heterocycles. The summed E-state index contributed by atoms with van der Waals surface area (Å²) in [4.78, 5) is 19.8. The van der Waals surface area contributed by atoms with Gasteiger partial charge in [0.05, 0.1) is 36.8 Å². The van der Waals surface area contributed by atoms with Crippen molar-refractivity contribution >= 4 is 11.7 Å². The summed E-state index contributed by atoms with van der Waals surface area (Å²) in [7, 11) is 1.58. The van der Waals surface area contributed by atoms with Crippen LogP contribution in [0, 0.1) is 17.6 Å². The molecule has 4 aromatic rings. The van der Waals surface area contributed by atoms with Crippen molar-refractivity contribution in [2.75, 3.05) is 12.4 Å². The Morgan fingerprint density at radius 2 is 1.78 bits per heavy atom. The zero-order valence-corrected chi connectivity index (χ0v) is 19.4. The van der Waals surface area contributed by atoms with Crippen LogP contribution >= 0.6 is 0 Å². The van der Waals surface area contributed by atoms with Crippen LogP contribution in [0.4, 0.5) is 14.5 Å². The molecule has 0 unspecified atom stereocenters. The van der Waals surface area contributed by atoms with Crippen molar-refractivity contribution in [1.29, 1.82) is 0 Å². The van der Waals surface area contributed by atoms with Gasteiger partial charge < -0.3 is 15.2 Å². The number of benzene rings is 2. The number of anilines is 1. The quantitative estimate of drug-likeness (QED) is 0.322. The maximum absolute atomic E-state index is 14.7. The molecule has 8 heteroatoms. The highest BCUT2D eigenvalue weighted by Gasteiger charge is 2.45. The fourth-order valence-corrected chi connectivity index (χ4v) is 4.16. The van der Waals surface area contributed by atoms with Gasteiger partial charge in [0.2, 0.25) is 0 Å². The van der Waals surface area contributed by atoms with E-state index in [4.69, 9.17) is 9.84 Å². The second-order valence-corrected chi connectivity index (χ2v) is 8.70. The highest BCUT2D eigenvalue weighted by molar-refractivity contribution is 5.75. The minimum absolute atomic E-state index is 0.0551. The maximum atomic E-state index is 14.7. The van der Waals surface area contributed by atoms with Crippen LogP contribution in [0.5, 0.6) is 5.75 Å². The van der Waals surface area contributed by atoms with E-state index < -0.39 is 17.6 Å². The molecule has 0 spiro atoms. The van der Waals surface area contributed by atoms with Crippen LogP contribution in [-0.2, 0) is 11.3 Å². The van der Waals surface area contributed by atoms with Crippen LogP contribution in [-0.4, -0.2) is 28.2 Å². The van der Waals surface area contributed by atoms with Crippen LogP contribution in [0.1, 0.15) is 23.6 Å². The zero-order valence-electron chi connectivity index (χ0n) is 19.4. The summed E-state index contributed by atoms with van der Waals surface area (Å²) < 4.78 is 34.3. The number of hydrogen-bond donors (Lipinski definition) is 2. The van der Waals surface area contributed by atoms with Crippen molar-refractivity contribution in [3.05, 3.63) is 95.9 Å². The standard InChI is InChI=1S/C28H23F2N3O3/c1-36-20-7-9-26(33-15-20)17-4-2-16(3-5-17)21-10-18(24(29)12-25(21)30)13-31-19-6-8-27(32-14-19)22-11-23(22)28(34)35/h2-10,12,14-15,22-23,31H,11,13H2,1H3,(H,34,35)/t22-,23-/m0/s1. The number of ether oxygens (including phenoxy) is 1. The molecule has 2 atom stereocenters. The molecule has 2 N–H and O–H groups in total. The molecule has 0 aliphatic heterocycles. The van der Waals surface area contributed by atoms with E-state index in [-0.39, 0.29) is 18.4 Å². The highest BCUT2D eigenvalue weighted by Crippen LogP contribution is 2.46. The molecule has 1 fully saturated rings. The largest absolute Gasteiger partial charge is 0.495 e. The number of hydrogen-bond acceptors (Lipinski definition) is 5. The highest BCUT2D eigenvalue weighted by atomic mass is 19.1. The van der Waals surface area contributed by atoms with Gasteiger partial charge in [0.1, 0.15) is 17.4 Å². The summed E-state index contributed by atoms with van der Waals surface area (Å²) in [6.07, 6.45) is 3.82. The van der Waals surface area contributed by atoms with Crippen LogP contribution < -0.4 is 10.1 Å². The number of aromatic nitrogens is 2. The van der Waals surface area contributed by atoms with Crippen LogP contribution in [0.25, 0.3) is 22.4 Å². The van der Waals surface area contributed by atoms with E-state index in [0.29, 0.717) is 34.5 Å². The van der Waals surface area contributed by atoms with Crippen molar-refractivity contribution in [2.24, 2.45) is 5.92 Å². The van der Waals surface area contributed by atoms with Gasteiger partial charge in [-0.2, -0.15) is 0 Å². The smallest absolute Gasteiger partial charge is 0.307 e. The van der Waals surface area contributed by atoms with Gasteiger partial charge in [-0.1, -0.05) is 24.3 Å². The van der Waals surface area contributed by atoms with E-state index >= 15 is 0 Å². The Kier molecular flexibility index (Phi) is 6.33. The van der Waals surface area contributed by atoms with Gasteiger partial charge in [0.25, 0.3) is 0 Å². The first kappa shape index (κ1) is 23.4. The van der Waals surface area contributed by atoms with Gasteiger partial charge in [0.15, 0.2) is 0 Å². The number of nitrogens with zero attached hydrogens (tertiary/aromatic N) is 2. The molecule has 6 nitrogen and oxygen atoms in total. The summed E-state index contributed by atoms with van der Waals surface area (Å²) in [6, 6.07) is 16.9. The van der Waals surface area contributed by atoms with E-state index in [9.17, 15) is 13.6 Å². The Labute approximate surface area is 206 Å². The molecule has 0 radical (unpaired) electrons. The third-order valence-corrected chi connectivity index (χ3v) is 6.36. The fourth-order valence-electron chi connectivity index (χ4n) is 4.16. The average Bonchev–Trinajstić information content (AvgIpc) is 3.70. The summed E-state index contributed by atoms with van der Waals surface area (Å²) >= 11 is 0. The van der Waals surface area contributed by atoms with E-state index in [1.54, 1.807) is 43.8 Å². The SMILES string of the molecule is COc1ccc(-c2ccc(-c3cc(CNc4ccc([C@H]5C[C@@H]5C(=O)O)nc4)c(F)cc3F)cc2)nc1. The first-order valence-corrected chi connectivity index (χ1v) is 11.4. The lowest BCUT2D eigenvalue weighted by atomic mass is 9.99. The molecular weight excluding hydrogens is 464 g/mol. The molecule has 2 aromatic carbocycles. The van der Waals surface area contributed by atoms with E-state index in [2.05, 4.69) is 15.3 Å². The number of carboxylic acids is 1. The monoisotopic (exact) mass is 487 g/mol. The molecule has 182 valence electrons. The van der Waals surface area contributed by atoms with Crippen molar-refractivity contribution in [1.82, 2.24) is 9.97 Å². The Morgan fingerprint density at radius 3 is 2.39 bits per heavy atom. The topological polar surface area (TPSA) is 84.3 Å². The van der Waals surface area contributed by atoms with Gasteiger partial charge in [-0.15, -0.1) is 0 Å². The van der Waals surface area contributed by atoms with Gasteiger partial charge in [-0.3, -0.25) is 14.8 Å². The van der Waals surface area contributed by atoms with Crippen LogP contribution in [0.15, 0.2) is 73.1 Å². The third-order valence-electron chi connectivity index (χ3n) is 6.36. The molecule has 5 rings (SSSR count). The van der Waals surface area contributed by atoms with Gasteiger partial charge >= 0.3 is 5.97 Å².